The number of nitrogens with one attached hydrogen (secondary N) is 1. The molecule has 0 aliphatic rings. The molecule has 1 amide bonds. The van der Waals surface area contributed by atoms with E-state index >= 15 is 0 Å². The topological polar surface area (TPSA) is 77.0 Å². The average molecular weight is 423 g/mol. The smallest absolute Gasteiger partial charge is 0.226 e. The molecule has 0 spiro atoms. The van der Waals surface area contributed by atoms with Crippen LogP contribution in [-0.4, -0.2) is 28.2 Å². The summed E-state index contributed by atoms with van der Waals surface area (Å²) < 4.78 is 5.98. The lowest BCUT2D eigenvalue weighted by molar-refractivity contribution is -0.116. The molecule has 4 rings (SSSR count). The predicted octanol–water partition coefficient (Wildman–Crippen LogP) is 4.82. The molecule has 0 saturated carbocycles. The van der Waals surface area contributed by atoms with Gasteiger partial charge >= 0.3 is 0 Å². The monoisotopic (exact) mass is 422 g/mol. The van der Waals surface area contributed by atoms with Gasteiger partial charge in [-0.15, -0.1) is 10.2 Å². The Labute approximate surface area is 176 Å². The molecule has 0 saturated heterocycles. The normalized spacial score (nSPS) is 10.8. The van der Waals surface area contributed by atoms with Gasteiger partial charge in [-0.1, -0.05) is 53.4 Å². The number of hydrogen-bond donors (Lipinski definition) is 1. The summed E-state index contributed by atoms with van der Waals surface area (Å²) in [5, 5.41) is 12.7. The van der Waals surface area contributed by atoms with Crippen molar-refractivity contribution in [1.82, 2.24) is 15.2 Å². The lowest BCUT2D eigenvalue weighted by atomic mass is 10.1. The van der Waals surface area contributed by atoms with Gasteiger partial charge in [0, 0.05) is 22.9 Å². The maximum absolute atomic E-state index is 12.3. The Kier molecular flexibility index (Phi) is 6.02. The molecule has 0 fully saturated rings. The first kappa shape index (κ1) is 19.4. The number of hydrogen-bond acceptors (Lipinski definition) is 7. The number of benzene rings is 2. The predicted molar refractivity (Wildman–Crippen MR) is 116 cm³/mol. The van der Waals surface area contributed by atoms with Crippen molar-refractivity contribution in [2.45, 2.75) is 22.1 Å². The van der Waals surface area contributed by atoms with Gasteiger partial charge in [0.05, 0.1) is 12.6 Å². The lowest BCUT2D eigenvalue weighted by Gasteiger charge is -2.04. The molecule has 0 atom stereocenters. The number of carbonyl (C=O) groups excluding carboxylic acids is 1. The minimum Gasteiger partial charge on any atom is -0.497 e. The molecular weight excluding hydrogens is 404 g/mol. The van der Waals surface area contributed by atoms with Crippen LogP contribution >= 0.6 is 23.1 Å². The van der Waals surface area contributed by atoms with Crippen molar-refractivity contribution in [3.8, 4) is 5.75 Å². The molecule has 2 aromatic carbocycles. The molecule has 0 bridgehead atoms. The van der Waals surface area contributed by atoms with Crippen LogP contribution in [-0.2, 0) is 11.2 Å². The highest BCUT2D eigenvalue weighted by molar-refractivity contribution is 8.01. The van der Waals surface area contributed by atoms with Gasteiger partial charge in [-0.25, -0.2) is 0 Å². The zero-order chi connectivity index (χ0) is 20.1. The van der Waals surface area contributed by atoms with Crippen molar-refractivity contribution >= 4 is 45.0 Å². The van der Waals surface area contributed by atoms with E-state index in [-0.39, 0.29) is 5.91 Å². The van der Waals surface area contributed by atoms with Gasteiger partial charge in [-0.3, -0.25) is 9.78 Å². The number of para-hydroxylation sites is 1. The molecule has 8 heteroatoms. The Balaban J connectivity index is 1.37. The van der Waals surface area contributed by atoms with E-state index in [2.05, 4.69) is 20.5 Å². The van der Waals surface area contributed by atoms with Crippen LogP contribution in [0.3, 0.4) is 0 Å². The lowest BCUT2D eigenvalue weighted by Crippen LogP contribution is -2.12. The summed E-state index contributed by atoms with van der Waals surface area (Å²) in [6.45, 7) is 0. The van der Waals surface area contributed by atoms with Crippen LogP contribution in [0.1, 0.15) is 12.0 Å². The standard InChI is InChI=1S/C21H18N4O2S2/c1-27-15-6-4-5-14(13-15)9-10-19(26)23-20-24-25-21(29-20)28-18-11-12-22-17-8-3-2-7-16(17)18/h2-8,11-13H,9-10H2,1H3,(H,23,24,26). The van der Waals surface area contributed by atoms with Crippen LogP contribution < -0.4 is 10.1 Å². The number of nitrogens with zero attached hydrogens (tertiary/aromatic N) is 3. The second-order valence-electron chi connectivity index (χ2n) is 6.20. The van der Waals surface area contributed by atoms with Crippen LogP contribution in [0.4, 0.5) is 5.13 Å². The largest absolute Gasteiger partial charge is 0.497 e. The summed E-state index contributed by atoms with van der Waals surface area (Å²) in [4.78, 5) is 17.7. The third kappa shape index (κ3) is 4.90. The van der Waals surface area contributed by atoms with Crippen molar-refractivity contribution in [2.24, 2.45) is 0 Å². The fourth-order valence-electron chi connectivity index (χ4n) is 2.82. The second kappa shape index (κ2) is 9.02. The van der Waals surface area contributed by atoms with E-state index in [4.69, 9.17) is 4.74 Å². The highest BCUT2D eigenvalue weighted by atomic mass is 32.2. The van der Waals surface area contributed by atoms with Gasteiger partial charge in [-0.05, 0) is 36.2 Å². The summed E-state index contributed by atoms with van der Waals surface area (Å²) in [5.74, 6) is 0.701. The van der Waals surface area contributed by atoms with Gasteiger partial charge in [0.1, 0.15) is 5.75 Å². The second-order valence-corrected chi connectivity index (χ2v) is 8.47. The average Bonchev–Trinajstić information content (AvgIpc) is 3.19. The Morgan fingerprint density at radius 2 is 2.03 bits per heavy atom. The highest BCUT2D eigenvalue weighted by Gasteiger charge is 2.11. The SMILES string of the molecule is COc1cccc(CCC(=O)Nc2nnc(Sc3ccnc4ccccc34)s2)c1. The summed E-state index contributed by atoms with van der Waals surface area (Å²) in [5.41, 5.74) is 1.99. The molecule has 1 N–H and O–H groups in total. The van der Waals surface area contributed by atoms with E-state index in [1.165, 1.54) is 23.1 Å². The number of amides is 1. The minimum absolute atomic E-state index is 0.0881. The fraction of sp³-hybridized carbons (Fsp3) is 0.143. The molecule has 0 radical (unpaired) electrons. The van der Waals surface area contributed by atoms with E-state index < -0.39 is 0 Å². The van der Waals surface area contributed by atoms with E-state index in [0.29, 0.717) is 18.0 Å². The Morgan fingerprint density at radius 3 is 2.93 bits per heavy atom. The number of carbonyl (C=O) groups is 1. The molecule has 0 aliphatic heterocycles. The highest BCUT2D eigenvalue weighted by Crippen LogP contribution is 2.35. The van der Waals surface area contributed by atoms with Gasteiger partial charge < -0.3 is 10.1 Å². The third-order valence-corrected chi connectivity index (χ3v) is 6.20. The van der Waals surface area contributed by atoms with E-state index in [1.807, 2.05) is 54.6 Å². The molecule has 0 unspecified atom stereocenters. The van der Waals surface area contributed by atoms with Gasteiger partial charge in [0.25, 0.3) is 0 Å². The van der Waals surface area contributed by atoms with Crippen molar-refractivity contribution < 1.29 is 9.53 Å². The van der Waals surface area contributed by atoms with Crippen LogP contribution in [0.5, 0.6) is 5.75 Å². The van der Waals surface area contributed by atoms with Crippen molar-refractivity contribution in [3.05, 3.63) is 66.4 Å². The van der Waals surface area contributed by atoms with Crippen LogP contribution in [0.15, 0.2) is 70.0 Å². The summed E-state index contributed by atoms with van der Waals surface area (Å²) in [6, 6.07) is 17.6. The Morgan fingerprint density at radius 1 is 1.14 bits per heavy atom. The molecule has 146 valence electrons. The summed E-state index contributed by atoms with van der Waals surface area (Å²) in [7, 11) is 1.63. The van der Waals surface area contributed by atoms with Crippen molar-refractivity contribution in [2.75, 3.05) is 12.4 Å². The molecule has 6 nitrogen and oxygen atoms in total. The zero-order valence-electron chi connectivity index (χ0n) is 15.7. The van der Waals surface area contributed by atoms with Crippen LogP contribution in [0.25, 0.3) is 10.9 Å². The summed E-state index contributed by atoms with van der Waals surface area (Å²) >= 11 is 2.88. The number of fused-ring (bicyclic) bond motifs is 1. The van der Waals surface area contributed by atoms with Crippen molar-refractivity contribution in [3.63, 3.8) is 0 Å². The maximum Gasteiger partial charge on any atom is 0.226 e. The molecule has 2 heterocycles. The minimum atomic E-state index is -0.0881. The molecular formula is C21H18N4O2S2. The Bertz CT molecular complexity index is 1140. The van der Waals surface area contributed by atoms with Crippen LogP contribution in [0.2, 0.25) is 0 Å². The number of ether oxygens (including phenoxy) is 1. The van der Waals surface area contributed by atoms with E-state index in [0.717, 1.165) is 31.5 Å². The third-order valence-electron chi connectivity index (χ3n) is 4.23. The molecule has 29 heavy (non-hydrogen) atoms. The zero-order valence-corrected chi connectivity index (χ0v) is 17.3. The summed E-state index contributed by atoms with van der Waals surface area (Å²) in [6.07, 6.45) is 2.78. The number of rotatable bonds is 7. The van der Waals surface area contributed by atoms with Crippen LogP contribution in [0, 0.1) is 0 Å². The first-order valence-corrected chi connectivity index (χ1v) is 10.6. The van der Waals surface area contributed by atoms with Gasteiger partial charge in [0.2, 0.25) is 11.0 Å². The molecule has 2 aromatic heterocycles. The number of pyridine rings is 1. The number of anilines is 1. The van der Waals surface area contributed by atoms with Crippen molar-refractivity contribution in [1.29, 1.82) is 0 Å². The molecule has 4 aromatic rings. The first-order chi connectivity index (χ1) is 14.2. The van der Waals surface area contributed by atoms with E-state index in [9.17, 15) is 4.79 Å². The fourth-order valence-corrected chi connectivity index (χ4v) is 4.67. The number of methoxy groups -OCH3 is 1. The molecule has 0 aliphatic carbocycles. The van der Waals surface area contributed by atoms with Gasteiger partial charge in [0.15, 0.2) is 4.34 Å². The Hall–Kier alpha value is -2.97. The first-order valence-electron chi connectivity index (χ1n) is 8.99. The number of aryl methyl sites for hydroxylation is 1. The number of aromatic nitrogens is 3. The maximum atomic E-state index is 12.3. The quantitative estimate of drug-likeness (QED) is 0.430. The van der Waals surface area contributed by atoms with E-state index in [1.54, 1.807) is 13.3 Å². The van der Waals surface area contributed by atoms with Gasteiger partial charge in [-0.2, -0.15) is 0 Å².